The van der Waals surface area contributed by atoms with Crippen molar-refractivity contribution < 1.29 is 18.5 Å². The molecule has 2 aromatic carbocycles. The number of hydrogen-bond acceptors (Lipinski definition) is 7. The van der Waals surface area contributed by atoms with Crippen LogP contribution in [0.15, 0.2) is 48.8 Å². The molecule has 9 nitrogen and oxygen atoms in total. The van der Waals surface area contributed by atoms with Gasteiger partial charge in [0.1, 0.15) is 18.0 Å². The van der Waals surface area contributed by atoms with Crippen molar-refractivity contribution in [2.75, 3.05) is 10.7 Å². The SMILES string of the molecule is O=C(NNc1ncnc(Nc2cc(F)ccc2F)c1[N+](=O)[O-])c1ccccc1Cl. The molecule has 0 aliphatic rings. The van der Waals surface area contributed by atoms with Crippen LogP contribution in [0.3, 0.4) is 0 Å². The van der Waals surface area contributed by atoms with Gasteiger partial charge >= 0.3 is 5.69 Å². The molecule has 1 amide bonds. The molecule has 0 saturated heterocycles. The van der Waals surface area contributed by atoms with Crippen molar-refractivity contribution in [2.24, 2.45) is 0 Å². The molecule has 0 radical (unpaired) electrons. The van der Waals surface area contributed by atoms with Gasteiger partial charge in [0.05, 0.1) is 21.2 Å². The molecule has 148 valence electrons. The molecular weight excluding hydrogens is 410 g/mol. The Labute approximate surface area is 166 Å². The first-order valence-electron chi connectivity index (χ1n) is 7.89. The number of rotatable bonds is 6. The molecular formula is C17H11ClF2N6O3. The maximum absolute atomic E-state index is 13.8. The summed E-state index contributed by atoms with van der Waals surface area (Å²) in [6.07, 6.45) is 0.941. The van der Waals surface area contributed by atoms with Crippen molar-refractivity contribution in [3.8, 4) is 0 Å². The van der Waals surface area contributed by atoms with E-state index in [0.29, 0.717) is 0 Å². The lowest BCUT2D eigenvalue weighted by molar-refractivity contribution is -0.383. The maximum atomic E-state index is 13.8. The van der Waals surface area contributed by atoms with Gasteiger partial charge in [-0.2, -0.15) is 0 Å². The zero-order valence-corrected chi connectivity index (χ0v) is 15.1. The Bertz CT molecular complexity index is 1100. The van der Waals surface area contributed by atoms with Crippen LogP contribution in [0.4, 0.5) is 31.8 Å². The second-order valence-corrected chi connectivity index (χ2v) is 5.89. The number of carbonyl (C=O) groups excluding carboxylic acids is 1. The quantitative estimate of drug-likeness (QED) is 0.409. The summed E-state index contributed by atoms with van der Waals surface area (Å²) in [5, 5.41) is 14.0. The Kier molecular flexibility index (Phi) is 5.79. The van der Waals surface area contributed by atoms with Crippen LogP contribution >= 0.6 is 11.6 Å². The van der Waals surface area contributed by atoms with Crippen LogP contribution in [0.5, 0.6) is 0 Å². The number of anilines is 3. The van der Waals surface area contributed by atoms with Gasteiger partial charge in [0.2, 0.25) is 11.6 Å². The van der Waals surface area contributed by atoms with Gasteiger partial charge in [0, 0.05) is 6.07 Å². The first-order valence-corrected chi connectivity index (χ1v) is 8.27. The summed E-state index contributed by atoms with van der Waals surface area (Å²) in [5.41, 5.74) is 3.61. The Morgan fingerprint density at radius 3 is 2.55 bits per heavy atom. The van der Waals surface area contributed by atoms with E-state index < -0.39 is 34.0 Å². The van der Waals surface area contributed by atoms with Crippen molar-refractivity contribution in [3.05, 3.63) is 81.1 Å². The van der Waals surface area contributed by atoms with Gasteiger partial charge in [-0.3, -0.25) is 25.8 Å². The van der Waals surface area contributed by atoms with Gasteiger partial charge in [-0.15, -0.1) is 0 Å². The van der Waals surface area contributed by atoms with Crippen LogP contribution in [0, 0.1) is 21.7 Å². The van der Waals surface area contributed by atoms with Crippen LogP contribution in [-0.4, -0.2) is 20.8 Å². The summed E-state index contributed by atoms with van der Waals surface area (Å²) in [4.78, 5) is 30.3. The van der Waals surface area contributed by atoms with Crippen LogP contribution in [0.2, 0.25) is 5.02 Å². The Hall–Kier alpha value is -3.86. The molecule has 3 rings (SSSR count). The molecule has 0 bridgehead atoms. The average molecular weight is 421 g/mol. The first-order chi connectivity index (χ1) is 13.9. The minimum absolute atomic E-state index is 0.124. The van der Waals surface area contributed by atoms with E-state index in [1.54, 1.807) is 12.1 Å². The van der Waals surface area contributed by atoms with Crippen molar-refractivity contribution in [1.29, 1.82) is 0 Å². The summed E-state index contributed by atoms with van der Waals surface area (Å²) >= 11 is 5.93. The number of carbonyl (C=O) groups is 1. The number of amides is 1. The molecule has 0 atom stereocenters. The lowest BCUT2D eigenvalue weighted by Gasteiger charge is -2.11. The fourth-order valence-electron chi connectivity index (χ4n) is 2.28. The Balaban J connectivity index is 1.87. The summed E-state index contributed by atoms with van der Waals surface area (Å²) in [5.74, 6) is -3.07. The molecule has 1 heterocycles. The fourth-order valence-corrected chi connectivity index (χ4v) is 2.51. The molecule has 12 heteroatoms. The minimum atomic E-state index is -0.846. The Morgan fingerprint density at radius 2 is 1.83 bits per heavy atom. The lowest BCUT2D eigenvalue weighted by Crippen LogP contribution is -2.30. The predicted octanol–water partition coefficient (Wildman–Crippen LogP) is 3.82. The van der Waals surface area contributed by atoms with Gasteiger partial charge in [0.15, 0.2) is 0 Å². The molecule has 0 spiro atoms. The van der Waals surface area contributed by atoms with Crippen LogP contribution in [-0.2, 0) is 0 Å². The number of benzene rings is 2. The van der Waals surface area contributed by atoms with Gasteiger partial charge in [-0.1, -0.05) is 23.7 Å². The highest BCUT2D eigenvalue weighted by Gasteiger charge is 2.24. The van der Waals surface area contributed by atoms with Gasteiger partial charge in [0.25, 0.3) is 5.91 Å². The summed E-state index contributed by atoms with van der Waals surface area (Å²) in [6, 6.07) is 8.73. The molecule has 0 fully saturated rings. The molecule has 3 N–H and O–H groups in total. The number of nitro groups is 1. The molecule has 0 aliphatic carbocycles. The second kappa shape index (κ2) is 8.44. The standard InChI is InChI=1S/C17H11ClF2N6O3/c18-11-4-2-1-3-10(11)17(27)25-24-16-14(26(28)29)15(21-8-22-16)23-13-7-9(19)5-6-12(13)20/h1-8H,(H,25,27)(H2,21,22,23,24). The van der Waals surface area contributed by atoms with Crippen molar-refractivity contribution in [3.63, 3.8) is 0 Å². The molecule has 29 heavy (non-hydrogen) atoms. The van der Waals surface area contributed by atoms with E-state index in [1.165, 1.54) is 12.1 Å². The average Bonchev–Trinajstić information content (AvgIpc) is 2.69. The highest BCUT2D eigenvalue weighted by molar-refractivity contribution is 6.33. The van der Waals surface area contributed by atoms with Crippen LogP contribution < -0.4 is 16.2 Å². The van der Waals surface area contributed by atoms with E-state index in [2.05, 4.69) is 26.1 Å². The maximum Gasteiger partial charge on any atom is 0.355 e. The van der Waals surface area contributed by atoms with E-state index in [-0.39, 0.29) is 22.1 Å². The monoisotopic (exact) mass is 420 g/mol. The molecule has 1 aromatic heterocycles. The minimum Gasteiger partial charge on any atom is -0.332 e. The predicted molar refractivity (Wildman–Crippen MR) is 101 cm³/mol. The van der Waals surface area contributed by atoms with Crippen LogP contribution in [0.25, 0.3) is 0 Å². The third kappa shape index (κ3) is 4.52. The van der Waals surface area contributed by atoms with Crippen molar-refractivity contribution >= 4 is 40.5 Å². The molecule has 0 aliphatic heterocycles. The lowest BCUT2D eigenvalue weighted by atomic mass is 10.2. The Morgan fingerprint density at radius 1 is 1.10 bits per heavy atom. The third-order valence-corrected chi connectivity index (χ3v) is 3.93. The number of nitrogens with one attached hydrogen (secondary N) is 3. The highest BCUT2D eigenvalue weighted by Crippen LogP contribution is 2.31. The number of hydrogen-bond donors (Lipinski definition) is 3. The van der Waals surface area contributed by atoms with Gasteiger partial charge in [-0.05, 0) is 24.3 Å². The fraction of sp³-hybridized carbons (Fsp3) is 0. The summed E-state index contributed by atoms with van der Waals surface area (Å²) in [7, 11) is 0. The highest BCUT2D eigenvalue weighted by atomic mass is 35.5. The summed E-state index contributed by atoms with van der Waals surface area (Å²) in [6.45, 7) is 0. The van der Waals surface area contributed by atoms with Crippen molar-refractivity contribution in [2.45, 2.75) is 0 Å². The smallest absolute Gasteiger partial charge is 0.332 e. The summed E-state index contributed by atoms with van der Waals surface area (Å²) < 4.78 is 27.2. The molecule has 0 unspecified atom stereocenters. The largest absolute Gasteiger partial charge is 0.355 e. The number of hydrazine groups is 1. The number of halogens is 3. The van der Waals surface area contributed by atoms with E-state index in [1.807, 2.05) is 0 Å². The number of nitrogens with zero attached hydrogens (tertiary/aromatic N) is 3. The topological polar surface area (TPSA) is 122 Å². The van der Waals surface area contributed by atoms with E-state index >= 15 is 0 Å². The van der Waals surface area contributed by atoms with E-state index in [4.69, 9.17) is 11.6 Å². The second-order valence-electron chi connectivity index (χ2n) is 5.48. The third-order valence-electron chi connectivity index (χ3n) is 3.60. The van der Waals surface area contributed by atoms with Gasteiger partial charge in [-0.25, -0.2) is 18.7 Å². The normalized spacial score (nSPS) is 10.3. The molecule has 3 aromatic rings. The zero-order chi connectivity index (χ0) is 21.0. The number of aromatic nitrogens is 2. The van der Waals surface area contributed by atoms with E-state index in [0.717, 1.165) is 24.5 Å². The first kappa shape index (κ1) is 19.9. The van der Waals surface area contributed by atoms with Gasteiger partial charge < -0.3 is 5.32 Å². The van der Waals surface area contributed by atoms with Crippen LogP contribution in [0.1, 0.15) is 10.4 Å². The zero-order valence-electron chi connectivity index (χ0n) is 14.3. The van der Waals surface area contributed by atoms with E-state index in [9.17, 15) is 23.7 Å². The van der Waals surface area contributed by atoms with Crippen molar-refractivity contribution in [1.82, 2.24) is 15.4 Å². The molecule has 0 saturated carbocycles.